The average Bonchev–Trinajstić information content (AvgIpc) is 2.74. The number of para-hydroxylation sites is 1. The first-order chi connectivity index (χ1) is 13.6. The number of benzene rings is 2. The van der Waals surface area contributed by atoms with Crippen LogP contribution in [0.1, 0.15) is 17.3 Å². The highest BCUT2D eigenvalue weighted by Gasteiger charge is 2.22. The maximum Gasteiger partial charge on any atom is 0.409 e. The number of ether oxygens (including phenoxy) is 2. The molecule has 2 amide bonds. The Labute approximate surface area is 164 Å². The first-order valence-corrected chi connectivity index (χ1v) is 9.33. The van der Waals surface area contributed by atoms with Gasteiger partial charge >= 0.3 is 6.09 Å². The predicted molar refractivity (Wildman–Crippen MR) is 108 cm³/mol. The van der Waals surface area contributed by atoms with Gasteiger partial charge in [0.25, 0.3) is 5.91 Å². The SMILES string of the molecule is CCOC(=O)N1CCN(c2ccc(NC(=O)c3ccccc3OC)cc2)CC1. The normalized spacial score (nSPS) is 13.8. The summed E-state index contributed by atoms with van der Waals surface area (Å²) in [7, 11) is 1.54. The molecule has 0 spiro atoms. The third-order valence-electron chi connectivity index (χ3n) is 4.65. The van der Waals surface area contributed by atoms with E-state index in [1.54, 1.807) is 30.2 Å². The van der Waals surface area contributed by atoms with Gasteiger partial charge in [-0.2, -0.15) is 0 Å². The fourth-order valence-corrected chi connectivity index (χ4v) is 3.15. The van der Waals surface area contributed by atoms with Gasteiger partial charge in [-0.3, -0.25) is 4.79 Å². The molecule has 0 saturated carbocycles. The van der Waals surface area contributed by atoms with Crippen LogP contribution in [0, 0.1) is 0 Å². The van der Waals surface area contributed by atoms with E-state index in [0.29, 0.717) is 36.7 Å². The Hall–Kier alpha value is -3.22. The number of rotatable bonds is 5. The Morgan fingerprint density at radius 1 is 1.00 bits per heavy atom. The van der Waals surface area contributed by atoms with E-state index in [1.807, 2.05) is 37.3 Å². The topological polar surface area (TPSA) is 71.1 Å². The number of nitrogens with one attached hydrogen (secondary N) is 1. The lowest BCUT2D eigenvalue weighted by molar-refractivity contribution is 0.102. The summed E-state index contributed by atoms with van der Waals surface area (Å²) >= 11 is 0. The molecular weight excluding hydrogens is 358 g/mol. The van der Waals surface area contributed by atoms with Crippen molar-refractivity contribution in [2.45, 2.75) is 6.92 Å². The first kappa shape index (κ1) is 19.5. The molecule has 1 N–H and O–H groups in total. The quantitative estimate of drug-likeness (QED) is 0.858. The van der Waals surface area contributed by atoms with Crippen molar-refractivity contribution in [2.75, 3.05) is 50.1 Å². The van der Waals surface area contributed by atoms with Crippen molar-refractivity contribution in [3.05, 3.63) is 54.1 Å². The van der Waals surface area contributed by atoms with Crippen molar-refractivity contribution in [2.24, 2.45) is 0 Å². The second-order valence-corrected chi connectivity index (χ2v) is 6.37. The largest absolute Gasteiger partial charge is 0.496 e. The maximum absolute atomic E-state index is 12.5. The van der Waals surface area contributed by atoms with Crippen molar-refractivity contribution in [3.8, 4) is 5.75 Å². The molecule has 0 aromatic heterocycles. The second kappa shape index (κ2) is 9.12. The number of piperazine rings is 1. The van der Waals surface area contributed by atoms with Crippen LogP contribution in [-0.2, 0) is 4.74 Å². The Morgan fingerprint density at radius 3 is 2.32 bits per heavy atom. The number of hydrogen-bond acceptors (Lipinski definition) is 5. The molecule has 0 bridgehead atoms. The molecule has 0 radical (unpaired) electrons. The molecule has 0 unspecified atom stereocenters. The molecule has 1 heterocycles. The van der Waals surface area contributed by atoms with Gasteiger partial charge in [-0.15, -0.1) is 0 Å². The Morgan fingerprint density at radius 2 is 1.68 bits per heavy atom. The molecule has 7 nitrogen and oxygen atoms in total. The third-order valence-corrected chi connectivity index (χ3v) is 4.65. The van der Waals surface area contributed by atoms with E-state index in [9.17, 15) is 9.59 Å². The molecule has 0 aliphatic carbocycles. The minimum absolute atomic E-state index is 0.215. The number of carbonyl (C=O) groups excluding carboxylic acids is 2. The zero-order chi connectivity index (χ0) is 19.9. The van der Waals surface area contributed by atoms with Gasteiger partial charge in [0.15, 0.2) is 0 Å². The summed E-state index contributed by atoms with van der Waals surface area (Å²) in [6.45, 7) is 4.94. The number of carbonyl (C=O) groups is 2. The van der Waals surface area contributed by atoms with Gasteiger partial charge in [-0.05, 0) is 43.3 Å². The average molecular weight is 383 g/mol. The van der Waals surface area contributed by atoms with Gasteiger partial charge in [0.05, 0.1) is 19.3 Å². The summed E-state index contributed by atoms with van der Waals surface area (Å²) in [6.07, 6.45) is -0.253. The van der Waals surface area contributed by atoms with Crippen molar-refractivity contribution < 1.29 is 19.1 Å². The number of anilines is 2. The summed E-state index contributed by atoms with van der Waals surface area (Å²) in [4.78, 5) is 28.2. The van der Waals surface area contributed by atoms with Crippen molar-refractivity contribution in [3.63, 3.8) is 0 Å². The highest BCUT2D eigenvalue weighted by molar-refractivity contribution is 6.06. The number of amides is 2. The molecule has 2 aromatic carbocycles. The summed E-state index contributed by atoms with van der Waals surface area (Å²) in [6, 6.07) is 14.8. The van der Waals surface area contributed by atoms with Gasteiger partial charge in [0, 0.05) is 37.6 Å². The molecule has 1 saturated heterocycles. The number of hydrogen-bond donors (Lipinski definition) is 1. The van der Waals surface area contributed by atoms with Crippen LogP contribution in [0.5, 0.6) is 5.75 Å². The smallest absolute Gasteiger partial charge is 0.409 e. The van der Waals surface area contributed by atoms with E-state index in [-0.39, 0.29) is 12.0 Å². The second-order valence-electron chi connectivity index (χ2n) is 6.37. The molecule has 148 valence electrons. The van der Waals surface area contributed by atoms with Crippen LogP contribution < -0.4 is 15.0 Å². The molecule has 3 rings (SSSR count). The molecular formula is C21H25N3O4. The minimum Gasteiger partial charge on any atom is -0.496 e. The summed E-state index contributed by atoms with van der Waals surface area (Å²) in [5, 5.41) is 2.89. The van der Waals surface area contributed by atoms with Crippen LogP contribution in [0.25, 0.3) is 0 Å². The van der Waals surface area contributed by atoms with E-state index in [1.165, 1.54) is 0 Å². The van der Waals surface area contributed by atoms with Crippen molar-refractivity contribution in [1.82, 2.24) is 4.90 Å². The zero-order valence-electron chi connectivity index (χ0n) is 16.2. The van der Waals surface area contributed by atoms with Crippen molar-refractivity contribution >= 4 is 23.4 Å². The Kier molecular flexibility index (Phi) is 6.37. The maximum atomic E-state index is 12.5. The molecule has 28 heavy (non-hydrogen) atoms. The van der Waals surface area contributed by atoms with E-state index >= 15 is 0 Å². The lowest BCUT2D eigenvalue weighted by Gasteiger charge is -2.35. The van der Waals surface area contributed by atoms with Gasteiger partial charge in [-0.1, -0.05) is 12.1 Å². The van der Waals surface area contributed by atoms with Crippen LogP contribution >= 0.6 is 0 Å². The zero-order valence-corrected chi connectivity index (χ0v) is 16.2. The van der Waals surface area contributed by atoms with Crippen LogP contribution in [0.3, 0.4) is 0 Å². The van der Waals surface area contributed by atoms with E-state index in [2.05, 4.69) is 10.2 Å². The van der Waals surface area contributed by atoms with Gasteiger partial charge in [0.2, 0.25) is 0 Å². The highest BCUT2D eigenvalue weighted by Crippen LogP contribution is 2.22. The fourth-order valence-electron chi connectivity index (χ4n) is 3.15. The van der Waals surface area contributed by atoms with Crippen LogP contribution in [-0.4, -0.2) is 56.8 Å². The summed E-state index contributed by atoms with van der Waals surface area (Å²) < 4.78 is 10.3. The third kappa shape index (κ3) is 4.54. The Bertz CT molecular complexity index is 815. The summed E-state index contributed by atoms with van der Waals surface area (Å²) in [5.41, 5.74) is 2.26. The van der Waals surface area contributed by atoms with Gasteiger partial charge in [0.1, 0.15) is 5.75 Å². The lowest BCUT2D eigenvalue weighted by Crippen LogP contribution is -2.49. The van der Waals surface area contributed by atoms with E-state index < -0.39 is 0 Å². The van der Waals surface area contributed by atoms with Crippen molar-refractivity contribution in [1.29, 1.82) is 0 Å². The fraction of sp³-hybridized carbons (Fsp3) is 0.333. The molecule has 1 fully saturated rings. The van der Waals surface area contributed by atoms with E-state index in [0.717, 1.165) is 18.8 Å². The van der Waals surface area contributed by atoms with Gasteiger partial charge < -0.3 is 24.6 Å². The van der Waals surface area contributed by atoms with Crippen LogP contribution in [0.4, 0.5) is 16.2 Å². The molecule has 7 heteroatoms. The van der Waals surface area contributed by atoms with Gasteiger partial charge in [-0.25, -0.2) is 4.79 Å². The lowest BCUT2D eigenvalue weighted by atomic mass is 10.1. The molecule has 2 aromatic rings. The summed E-state index contributed by atoms with van der Waals surface area (Å²) in [5.74, 6) is 0.323. The van der Waals surface area contributed by atoms with E-state index in [4.69, 9.17) is 9.47 Å². The monoisotopic (exact) mass is 383 g/mol. The molecule has 1 aliphatic heterocycles. The first-order valence-electron chi connectivity index (χ1n) is 9.33. The molecule has 1 aliphatic rings. The highest BCUT2D eigenvalue weighted by atomic mass is 16.6. The molecule has 0 atom stereocenters. The van der Waals surface area contributed by atoms with Crippen LogP contribution in [0.15, 0.2) is 48.5 Å². The number of methoxy groups -OCH3 is 1. The number of nitrogens with zero attached hydrogens (tertiary/aromatic N) is 2. The predicted octanol–water partition coefficient (Wildman–Crippen LogP) is 3.23. The Balaban J connectivity index is 1.58. The standard InChI is InChI=1S/C21H25N3O4/c1-3-28-21(26)24-14-12-23(13-15-24)17-10-8-16(9-11-17)22-20(25)18-6-4-5-7-19(18)27-2/h4-11H,3,12-15H2,1-2H3,(H,22,25). The van der Waals surface area contributed by atoms with Crippen LogP contribution in [0.2, 0.25) is 0 Å². The minimum atomic E-state index is -0.253.